The Bertz CT molecular complexity index is 1190. The van der Waals surface area contributed by atoms with Crippen LogP contribution in [0.15, 0.2) is 66.2 Å². The van der Waals surface area contributed by atoms with Crippen LogP contribution in [-0.4, -0.2) is 53.5 Å². The summed E-state index contributed by atoms with van der Waals surface area (Å²) >= 11 is 1.58. The first-order chi connectivity index (χ1) is 15.2. The van der Waals surface area contributed by atoms with Crippen molar-refractivity contribution in [1.82, 2.24) is 14.3 Å². The summed E-state index contributed by atoms with van der Waals surface area (Å²) in [6.45, 7) is 3.02. The molecule has 2 aromatic carbocycles. The number of ether oxygens (including phenoxy) is 1. The fraction of sp³-hybridized carbons (Fsp3) is 0.250. The lowest BCUT2D eigenvalue weighted by Crippen LogP contribution is -2.49. The highest BCUT2D eigenvalue weighted by Crippen LogP contribution is 2.29. The summed E-state index contributed by atoms with van der Waals surface area (Å²) in [5.41, 5.74) is 4.10. The highest BCUT2D eigenvalue weighted by atomic mass is 32.1. The number of imidazole rings is 1. The van der Waals surface area contributed by atoms with Crippen molar-refractivity contribution in [2.75, 3.05) is 38.2 Å². The molecule has 1 amide bonds. The minimum atomic E-state index is 0.161. The monoisotopic (exact) mass is 432 g/mol. The zero-order valence-electron chi connectivity index (χ0n) is 17.4. The van der Waals surface area contributed by atoms with Crippen LogP contribution in [-0.2, 0) is 11.2 Å². The Morgan fingerprint density at radius 1 is 1.03 bits per heavy atom. The number of fused-ring (bicyclic) bond motifs is 1. The average Bonchev–Trinajstić information content (AvgIpc) is 3.42. The van der Waals surface area contributed by atoms with Gasteiger partial charge in [-0.25, -0.2) is 4.98 Å². The minimum absolute atomic E-state index is 0.161. The van der Waals surface area contributed by atoms with E-state index < -0.39 is 0 Å². The molecule has 1 saturated heterocycles. The predicted octanol–water partition coefficient (Wildman–Crippen LogP) is 3.96. The van der Waals surface area contributed by atoms with E-state index in [0.29, 0.717) is 19.5 Å². The minimum Gasteiger partial charge on any atom is -0.495 e. The van der Waals surface area contributed by atoms with Crippen LogP contribution < -0.4 is 9.64 Å². The van der Waals surface area contributed by atoms with Gasteiger partial charge in [-0.2, -0.15) is 0 Å². The van der Waals surface area contributed by atoms with Gasteiger partial charge in [0.05, 0.1) is 24.9 Å². The van der Waals surface area contributed by atoms with Crippen LogP contribution in [0, 0.1) is 0 Å². The predicted molar refractivity (Wildman–Crippen MR) is 124 cm³/mol. The fourth-order valence-corrected chi connectivity index (χ4v) is 4.93. The van der Waals surface area contributed by atoms with E-state index in [9.17, 15) is 4.79 Å². The number of amides is 1. The first-order valence-corrected chi connectivity index (χ1v) is 11.3. The van der Waals surface area contributed by atoms with Gasteiger partial charge in [-0.3, -0.25) is 9.20 Å². The molecule has 0 N–H and O–H groups in total. The van der Waals surface area contributed by atoms with Gasteiger partial charge in [-0.1, -0.05) is 42.5 Å². The number of hydrogen-bond donors (Lipinski definition) is 0. The second-order valence-electron chi connectivity index (χ2n) is 7.59. The maximum Gasteiger partial charge on any atom is 0.228 e. The molecule has 0 saturated carbocycles. The molecule has 6 nitrogen and oxygen atoms in total. The van der Waals surface area contributed by atoms with Crippen LogP contribution in [0.25, 0.3) is 16.2 Å². The Morgan fingerprint density at radius 3 is 2.55 bits per heavy atom. The van der Waals surface area contributed by atoms with Crippen molar-refractivity contribution < 1.29 is 9.53 Å². The molecule has 1 aliphatic heterocycles. The first kappa shape index (κ1) is 19.6. The summed E-state index contributed by atoms with van der Waals surface area (Å²) < 4.78 is 7.54. The Morgan fingerprint density at radius 2 is 1.77 bits per heavy atom. The molecule has 0 atom stereocenters. The van der Waals surface area contributed by atoms with Gasteiger partial charge in [0.25, 0.3) is 0 Å². The van der Waals surface area contributed by atoms with E-state index in [-0.39, 0.29) is 5.91 Å². The summed E-state index contributed by atoms with van der Waals surface area (Å²) in [5.74, 6) is 1.03. The van der Waals surface area contributed by atoms with Crippen LogP contribution in [0.3, 0.4) is 0 Å². The first-order valence-electron chi connectivity index (χ1n) is 10.4. The zero-order valence-corrected chi connectivity index (χ0v) is 18.2. The van der Waals surface area contributed by atoms with Gasteiger partial charge in [0, 0.05) is 49.0 Å². The van der Waals surface area contributed by atoms with Gasteiger partial charge in [-0.05, 0) is 12.1 Å². The maximum absolute atomic E-state index is 13.0. The number of carbonyl (C=O) groups excluding carboxylic acids is 1. The summed E-state index contributed by atoms with van der Waals surface area (Å²) in [4.78, 5) is 22.9. The van der Waals surface area contributed by atoms with Gasteiger partial charge in [0.2, 0.25) is 5.91 Å². The SMILES string of the molecule is COc1ccccc1N1CCN(C(=O)Cc2csc3nc(-c4ccccc4)cn23)CC1. The number of para-hydroxylation sites is 2. The average molecular weight is 433 g/mol. The van der Waals surface area contributed by atoms with Crippen molar-refractivity contribution in [3.8, 4) is 17.0 Å². The Hall–Kier alpha value is -3.32. The van der Waals surface area contributed by atoms with Gasteiger partial charge in [-0.15, -0.1) is 11.3 Å². The standard InChI is InChI=1S/C24H24N4O2S/c1-30-22-10-6-5-9-21(22)26-11-13-27(14-12-26)23(29)15-19-17-31-24-25-20(16-28(19)24)18-7-3-2-4-8-18/h2-10,16-17H,11-15H2,1H3. The van der Waals surface area contributed by atoms with Crippen LogP contribution in [0.4, 0.5) is 5.69 Å². The van der Waals surface area contributed by atoms with E-state index in [1.807, 2.05) is 52.9 Å². The van der Waals surface area contributed by atoms with Crippen LogP contribution >= 0.6 is 11.3 Å². The molecule has 2 aromatic heterocycles. The van der Waals surface area contributed by atoms with Crippen LogP contribution in [0.2, 0.25) is 0 Å². The molecule has 31 heavy (non-hydrogen) atoms. The number of benzene rings is 2. The van der Waals surface area contributed by atoms with E-state index >= 15 is 0 Å². The number of hydrogen-bond acceptors (Lipinski definition) is 5. The number of thiazole rings is 1. The molecule has 0 unspecified atom stereocenters. The molecule has 0 spiro atoms. The lowest BCUT2D eigenvalue weighted by molar-refractivity contribution is -0.130. The van der Waals surface area contributed by atoms with Crippen LogP contribution in [0.5, 0.6) is 5.75 Å². The van der Waals surface area contributed by atoms with Crippen molar-refractivity contribution in [1.29, 1.82) is 0 Å². The third kappa shape index (κ3) is 3.88. The number of methoxy groups -OCH3 is 1. The Kier molecular flexibility index (Phi) is 5.34. The van der Waals surface area contributed by atoms with Crippen molar-refractivity contribution in [3.05, 3.63) is 71.9 Å². The molecule has 4 aromatic rings. The van der Waals surface area contributed by atoms with Crippen molar-refractivity contribution in [3.63, 3.8) is 0 Å². The fourth-order valence-electron chi connectivity index (χ4n) is 4.06. The molecular weight excluding hydrogens is 408 g/mol. The second-order valence-corrected chi connectivity index (χ2v) is 8.42. The van der Waals surface area contributed by atoms with E-state index in [2.05, 4.69) is 27.5 Å². The molecule has 7 heteroatoms. The molecule has 5 rings (SSSR count). The number of aromatic nitrogens is 2. The summed E-state index contributed by atoms with van der Waals surface area (Å²) in [7, 11) is 1.69. The Balaban J connectivity index is 1.26. The summed E-state index contributed by atoms with van der Waals surface area (Å²) in [6.07, 6.45) is 2.42. The smallest absolute Gasteiger partial charge is 0.228 e. The molecule has 0 radical (unpaired) electrons. The van der Waals surface area contributed by atoms with Crippen molar-refractivity contribution in [2.45, 2.75) is 6.42 Å². The molecule has 0 bridgehead atoms. The molecule has 1 fully saturated rings. The largest absolute Gasteiger partial charge is 0.495 e. The molecule has 3 heterocycles. The molecule has 158 valence electrons. The van der Waals surface area contributed by atoms with Crippen LogP contribution in [0.1, 0.15) is 5.69 Å². The highest BCUT2D eigenvalue weighted by molar-refractivity contribution is 7.15. The van der Waals surface area contributed by atoms with E-state index in [1.54, 1.807) is 18.4 Å². The number of piperazine rings is 1. The number of rotatable bonds is 5. The summed E-state index contributed by atoms with van der Waals surface area (Å²) in [6, 6.07) is 18.2. The summed E-state index contributed by atoms with van der Waals surface area (Å²) in [5, 5.41) is 2.04. The van der Waals surface area contributed by atoms with E-state index in [0.717, 1.165) is 46.4 Å². The maximum atomic E-state index is 13.0. The third-order valence-corrected chi connectivity index (χ3v) is 6.63. The quantitative estimate of drug-likeness (QED) is 0.479. The number of nitrogens with zero attached hydrogens (tertiary/aromatic N) is 4. The third-order valence-electron chi connectivity index (χ3n) is 5.74. The lowest BCUT2D eigenvalue weighted by atomic mass is 10.2. The molecular formula is C24H24N4O2S. The topological polar surface area (TPSA) is 50.1 Å². The van der Waals surface area contributed by atoms with Gasteiger partial charge >= 0.3 is 0 Å². The Labute approximate surface area is 185 Å². The molecule has 1 aliphatic rings. The van der Waals surface area contributed by atoms with Crippen molar-refractivity contribution >= 4 is 27.9 Å². The van der Waals surface area contributed by atoms with Crippen molar-refractivity contribution in [2.24, 2.45) is 0 Å². The lowest BCUT2D eigenvalue weighted by Gasteiger charge is -2.36. The number of anilines is 1. The zero-order chi connectivity index (χ0) is 21.2. The van der Waals surface area contributed by atoms with E-state index in [1.165, 1.54) is 0 Å². The second kappa shape index (κ2) is 8.43. The van der Waals surface area contributed by atoms with Gasteiger partial charge in [0.15, 0.2) is 4.96 Å². The highest BCUT2D eigenvalue weighted by Gasteiger charge is 2.24. The van der Waals surface area contributed by atoms with Gasteiger partial charge < -0.3 is 14.5 Å². The normalized spacial score (nSPS) is 14.2. The van der Waals surface area contributed by atoms with Gasteiger partial charge in [0.1, 0.15) is 5.75 Å². The number of carbonyl (C=O) groups is 1. The van der Waals surface area contributed by atoms with E-state index in [4.69, 9.17) is 9.72 Å². The molecule has 0 aliphatic carbocycles.